The molecule has 0 unspecified atom stereocenters. The quantitative estimate of drug-likeness (QED) is 0.794. The maximum absolute atomic E-state index is 12.5. The number of amides is 1. The molecule has 6 heteroatoms. The van der Waals surface area contributed by atoms with Gasteiger partial charge in [-0.15, -0.1) is 0 Å². The zero-order valence-corrected chi connectivity index (χ0v) is 14.6. The Balaban J connectivity index is 1.56. The summed E-state index contributed by atoms with van der Waals surface area (Å²) in [6.07, 6.45) is 2.14. The predicted molar refractivity (Wildman–Crippen MR) is 97.0 cm³/mol. The van der Waals surface area contributed by atoms with E-state index in [2.05, 4.69) is 0 Å². The number of carbonyl (C=O) groups is 2. The third-order valence-corrected chi connectivity index (χ3v) is 4.84. The molecule has 2 aliphatic heterocycles. The molecule has 1 saturated heterocycles. The fourth-order valence-electron chi connectivity index (χ4n) is 3.40. The minimum absolute atomic E-state index is 0.0646. The van der Waals surface area contributed by atoms with Crippen molar-refractivity contribution in [3.8, 4) is 5.75 Å². The van der Waals surface area contributed by atoms with Crippen molar-refractivity contribution in [2.45, 2.75) is 12.8 Å². The lowest BCUT2D eigenvalue weighted by Crippen LogP contribution is -2.27. The molecule has 1 amide bonds. The number of anilines is 2. The van der Waals surface area contributed by atoms with Crippen LogP contribution in [0.1, 0.15) is 33.6 Å². The Kier molecular flexibility index (Phi) is 4.24. The van der Waals surface area contributed by atoms with Gasteiger partial charge in [0.15, 0.2) is 6.73 Å². The van der Waals surface area contributed by atoms with Gasteiger partial charge in [-0.25, -0.2) is 4.79 Å². The van der Waals surface area contributed by atoms with Crippen molar-refractivity contribution in [3.63, 3.8) is 0 Å². The van der Waals surface area contributed by atoms with Crippen LogP contribution < -0.4 is 9.64 Å². The van der Waals surface area contributed by atoms with Crippen LogP contribution >= 0.6 is 0 Å². The third kappa shape index (κ3) is 2.87. The second-order valence-electron chi connectivity index (χ2n) is 6.42. The second-order valence-corrected chi connectivity index (χ2v) is 6.42. The first-order valence-electron chi connectivity index (χ1n) is 8.69. The predicted octanol–water partition coefficient (Wildman–Crippen LogP) is 3.20. The van der Waals surface area contributed by atoms with E-state index in [0.717, 1.165) is 37.3 Å². The van der Waals surface area contributed by atoms with Gasteiger partial charge in [-0.05, 0) is 55.3 Å². The minimum atomic E-state index is -0.361. The highest BCUT2D eigenvalue weighted by Crippen LogP contribution is 2.39. The van der Waals surface area contributed by atoms with Gasteiger partial charge in [-0.1, -0.05) is 0 Å². The van der Waals surface area contributed by atoms with Gasteiger partial charge in [-0.3, -0.25) is 4.79 Å². The molecular weight excluding hydrogens is 332 g/mol. The van der Waals surface area contributed by atoms with Crippen LogP contribution in [0.2, 0.25) is 0 Å². The van der Waals surface area contributed by atoms with Crippen LogP contribution in [-0.2, 0) is 4.74 Å². The monoisotopic (exact) mass is 352 g/mol. The molecule has 2 heterocycles. The zero-order valence-electron chi connectivity index (χ0n) is 14.6. The van der Waals surface area contributed by atoms with Gasteiger partial charge in [0.25, 0.3) is 5.91 Å². The van der Waals surface area contributed by atoms with E-state index in [9.17, 15) is 9.59 Å². The standard InChI is InChI=1S/C20H20N2O4/c1-25-20(24)14-4-7-16(8-5-14)22-13-26-18-12-15(6-9-17(18)22)19(23)21-10-2-3-11-21/h4-9,12H,2-3,10-11,13H2,1H3. The van der Waals surface area contributed by atoms with E-state index >= 15 is 0 Å². The Morgan fingerprint density at radius 3 is 2.38 bits per heavy atom. The van der Waals surface area contributed by atoms with Gasteiger partial charge in [0.05, 0.1) is 18.4 Å². The molecule has 0 aromatic heterocycles. The van der Waals surface area contributed by atoms with E-state index < -0.39 is 0 Å². The van der Waals surface area contributed by atoms with Gasteiger partial charge in [0.2, 0.25) is 0 Å². The van der Waals surface area contributed by atoms with Gasteiger partial charge in [0.1, 0.15) is 5.75 Å². The lowest BCUT2D eigenvalue weighted by atomic mass is 10.1. The van der Waals surface area contributed by atoms with Crippen molar-refractivity contribution in [2.24, 2.45) is 0 Å². The number of rotatable bonds is 3. The van der Waals surface area contributed by atoms with E-state index in [1.54, 1.807) is 12.1 Å². The van der Waals surface area contributed by atoms with Crippen LogP contribution in [0, 0.1) is 0 Å². The molecule has 0 atom stereocenters. The average Bonchev–Trinajstić information content (AvgIpc) is 3.36. The molecule has 1 fully saturated rings. The molecule has 134 valence electrons. The van der Waals surface area contributed by atoms with Crippen molar-refractivity contribution >= 4 is 23.3 Å². The normalized spacial score (nSPS) is 15.6. The summed E-state index contributed by atoms with van der Waals surface area (Å²) >= 11 is 0. The molecule has 26 heavy (non-hydrogen) atoms. The molecule has 0 radical (unpaired) electrons. The summed E-state index contributed by atoms with van der Waals surface area (Å²) in [6, 6.07) is 12.7. The number of hydrogen-bond donors (Lipinski definition) is 0. The Labute approximate surface area is 151 Å². The van der Waals surface area contributed by atoms with E-state index in [1.165, 1.54) is 7.11 Å². The van der Waals surface area contributed by atoms with Crippen LogP contribution in [0.5, 0.6) is 5.75 Å². The zero-order chi connectivity index (χ0) is 18.1. The van der Waals surface area contributed by atoms with Crippen molar-refractivity contribution in [1.29, 1.82) is 0 Å². The van der Waals surface area contributed by atoms with Crippen LogP contribution in [0.4, 0.5) is 11.4 Å². The summed E-state index contributed by atoms with van der Waals surface area (Å²) in [4.78, 5) is 28.0. The van der Waals surface area contributed by atoms with Gasteiger partial charge in [0, 0.05) is 24.3 Å². The Hall–Kier alpha value is -3.02. The fourth-order valence-corrected chi connectivity index (χ4v) is 3.40. The second kappa shape index (κ2) is 6.71. The van der Waals surface area contributed by atoms with E-state index in [4.69, 9.17) is 9.47 Å². The van der Waals surface area contributed by atoms with Crippen LogP contribution in [0.3, 0.4) is 0 Å². The van der Waals surface area contributed by atoms with Gasteiger partial charge in [-0.2, -0.15) is 0 Å². The first kappa shape index (κ1) is 16.4. The minimum Gasteiger partial charge on any atom is -0.471 e. The Morgan fingerprint density at radius 1 is 1.00 bits per heavy atom. The molecule has 2 aromatic carbocycles. The highest BCUT2D eigenvalue weighted by atomic mass is 16.5. The number of methoxy groups -OCH3 is 1. The van der Waals surface area contributed by atoms with Crippen molar-refractivity contribution in [3.05, 3.63) is 53.6 Å². The lowest BCUT2D eigenvalue weighted by molar-refractivity contribution is 0.0600. The largest absolute Gasteiger partial charge is 0.471 e. The van der Waals surface area contributed by atoms with Crippen molar-refractivity contribution in [1.82, 2.24) is 4.90 Å². The molecule has 4 rings (SSSR count). The highest BCUT2D eigenvalue weighted by Gasteiger charge is 2.25. The number of fused-ring (bicyclic) bond motifs is 1. The van der Waals surface area contributed by atoms with Crippen molar-refractivity contribution in [2.75, 3.05) is 31.8 Å². The third-order valence-electron chi connectivity index (χ3n) is 4.84. The number of benzene rings is 2. The maximum atomic E-state index is 12.5. The first-order chi connectivity index (χ1) is 12.7. The summed E-state index contributed by atoms with van der Waals surface area (Å²) in [5.74, 6) is 0.404. The lowest BCUT2D eigenvalue weighted by Gasteiger charge is -2.18. The van der Waals surface area contributed by atoms with E-state index in [0.29, 0.717) is 23.6 Å². The first-order valence-corrected chi connectivity index (χ1v) is 8.69. The summed E-state index contributed by atoms with van der Waals surface area (Å²) < 4.78 is 10.5. The Bertz CT molecular complexity index is 841. The molecule has 2 aliphatic rings. The summed E-state index contributed by atoms with van der Waals surface area (Å²) in [5.41, 5.74) is 2.99. The molecule has 6 nitrogen and oxygen atoms in total. The number of likely N-dealkylation sites (tertiary alicyclic amines) is 1. The molecule has 0 saturated carbocycles. The van der Waals surface area contributed by atoms with Crippen LogP contribution in [-0.4, -0.2) is 43.7 Å². The number of esters is 1. The number of hydrogen-bond acceptors (Lipinski definition) is 5. The summed E-state index contributed by atoms with van der Waals surface area (Å²) in [5, 5.41) is 0. The number of nitrogens with zero attached hydrogens (tertiary/aromatic N) is 2. The molecule has 2 aromatic rings. The number of carbonyl (C=O) groups excluding carboxylic acids is 2. The molecule has 0 bridgehead atoms. The summed E-state index contributed by atoms with van der Waals surface area (Å²) in [6.45, 7) is 2.03. The molecular formula is C20H20N2O4. The Morgan fingerprint density at radius 2 is 1.69 bits per heavy atom. The molecule has 0 spiro atoms. The van der Waals surface area contributed by atoms with Gasteiger partial charge >= 0.3 is 5.97 Å². The van der Waals surface area contributed by atoms with Crippen molar-refractivity contribution < 1.29 is 19.1 Å². The highest BCUT2D eigenvalue weighted by molar-refractivity contribution is 5.96. The molecule has 0 aliphatic carbocycles. The van der Waals surface area contributed by atoms with Crippen LogP contribution in [0.25, 0.3) is 0 Å². The SMILES string of the molecule is COC(=O)c1ccc(N2COc3cc(C(=O)N4CCCC4)ccc32)cc1. The summed E-state index contributed by atoms with van der Waals surface area (Å²) in [7, 11) is 1.36. The maximum Gasteiger partial charge on any atom is 0.337 e. The van der Waals surface area contributed by atoms with E-state index in [1.807, 2.05) is 40.1 Å². The van der Waals surface area contributed by atoms with Crippen LogP contribution in [0.15, 0.2) is 42.5 Å². The van der Waals surface area contributed by atoms with E-state index in [-0.39, 0.29) is 11.9 Å². The number of ether oxygens (including phenoxy) is 2. The average molecular weight is 352 g/mol. The topological polar surface area (TPSA) is 59.1 Å². The fraction of sp³-hybridized carbons (Fsp3) is 0.300. The molecule has 0 N–H and O–H groups in total. The van der Waals surface area contributed by atoms with Gasteiger partial charge < -0.3 is 19.3 Å². The smallest absolute Gasteiger partial charge is 0.337 e.